The van der Waals surface area contributed by atoms with Crippen molar-refractivity contribution in [3.8, 4) is 0 Å². The zero-order valence-corrected chi connectivity index (χ0v) is 9.51. The van der Waals surface area contributed by atoms with Crippen LogP contribution in [-0.4, -0.2) is 41.2 Å². The molecular weight excluding hydrogens is 215 g/mol. The van der Waals surface area contributed by atoms with Crippen molar-refractivity contribution in [1.29, 1.82) is 0 Å². The molecule has 0 radical (unpaired) electrons. The molecule has 3 atom stereocenters. The molecule has 0 aliphatic carbocycles. The fourth-order valence-electron chi connectivity index (χ4n) is 2.22. The second-order valence-corrected chi connectivity index (χ2v) is 5.59. The first-order valence-electron chi connectivity index (χ1n) is 5.46. The molecule has 3 nitrogen and oxygen atoms in total. The minimum atomic E-state index is -0.374. The molecule has 2 aliphatic heterocycles. The number of piperidine rings is 1. The fourth-order valence-corrected chi connectivity index (χ4v) is 3.55. The molecule has 2 aliphatic rings. The monoisotopic (exact) mass is 232 g/mol. The summed E-state index contributed by atoms with van der Waals surface area (Å²) in [6, 6.07) is -0.374. The molecule has 2 saturated heterocycles. The van der Waals surface area contributed by atoms with Crippen molar-refractivity contribution in [3.63, 3.8) is 0 Å². The Hall–Kier alpha value is -0.290. The van der Waals surface area contributed by atoms with Crippen LogP contribution in [-0.2, 0) is 4.79 Å². The SMILES string of the molecule is N[C@H]1CCS[C@H]2CC[C@@H](CF)CN2C1=O. The summed E-state index contributed by atoms with van der Waals surface area (Å²) in [7, 11) is 0. The summed E-state index contributed by atoms with van der Waals surface area (Å²) in [5.41, 5.74) is 5.77. The maximum Gasteiger partial charge on any atom is 0.240 e. The molecule has 86 valence electrons. The third kappa shape index (κ3) is 2.28. The topological polar surface area (TPSA) is 46.3 Å². The number of nitrogens with two attached hydrogens (primary N) is 1. The molecule has 15 heavy (non-hydrogen) atoms. The van der Waals surface area contributed by atoms with Crippen molar-refractivity contribution in [1.82, 2.24) is 4.90 Å². The van der Waals surface area contributed by atoms with Gasteiger partial charge in [0.15, 0.2) is 0 Å². The first kappa shape index (κ1) is 11.2. The van der Waals surface area contributed by atoms with Gasteiger partial charge in [-0.1, -0.05) is 0 Å². The summed E-state index contributed by atoms with van der Waals surface area (Å²) in [4.78, 5) is 13.7. The Morgan fingerprint density at radius 1 is 1.47 bits per heavy atom. The predicted octanol–water partition coefficient (Wildman–Crippen LogP) is 0.985. The number of hydrogen-bond acceptors (Lipinski definition) is 3. The Kier molecular flexibility index (Phi) is 3.51. The van der Waals surface area contributed by atoms with E-state index in [1.807, 2.05) is 0 Å². The van der Waals surface area contributed by atoms with Gasteiger partial charge in [-0.25, -0.2) is 0 Å². The molecule has 0 unspecified atom stereocenters. The number of fused-ring (bicyclic) bond motifs is 1. The highest BCUT2D eigenvalue weighted by Gasteiger charge is 2.36. The molecular formula is C10H17FN2OS. The quantitative estimate of drug-likeness (QED) is 0.733. The smallest absolute Gasteiger partial charge is 0.240 e. The van der Waals surface area contributed by atoms with E-state index in [-0.39, 0.29) is 29.9 Å². The van der Waals surface area contributed by atoms with Crippen molar-refractivity contribution in [3.05, 3.63) is 0 Å². The summed E-state index contributed by atoms with van der Waals surface area (Å²) in [5.74, 6) is 0.980. The highest BCUT2D eigenvalue weighted by atomic mass is 32.2. The Labute approximate surface area is 93.6 Å². The zero-order valence-electron chi connectivity index (χ0n) is 8.69. The normalized spacial score (nSPS) is 37.3. The Balaban J connectivity index is 2.08. The molecule has 0 aromatic carbocycles. The van der Waals surface area contributed by atoms with Crippen molar-refractivity contribution in [2.45, 2.75) is 30.7 Å². The third-order valence-electron chi connectivity index (χ3n) is 3.18. The molecule has 2 fully saturated rings. The number of carbonyl (C=O) groups is 1. The summed E-state index contributed by atoms with van der Waals surface area (Å²) >= 11 is 1.79. The number of halogens is 1. The highest BCUT2D eigenvalue weighted by Crippen LogP contribution is 2.32. The van der Waals surface area contributed by atoms with E-state index >= 15 is 0 Å². The fraction of sp³-hybridized carbons (Fsp3) is 0.900. The van der Waals surface area contributed by atoms with Crippen molar-refractivity contribution < 1.29 is 9.18 Å². The molecule has 0 bridgehead atoms. The Bertz CT molecular complexity index is 252. The average molecular weight is 232 g/mol. The van der Waals surface area contributed by atoms with Crippen molar-refractivity contribution in [2.24, 2.45) is 11.7 Å². The van der Waals surface area contributed by atoms with Gasteiger partial charge in [0.2, 0.25) is 5.91 Å². The van der Waals surface area contributed by atoms with Gasteiger partial charge >= 0.3 is 0 Å². The van der Waals surface area contributed by atoms with E-state index < -0.39 is 0 Å². The van der Waals surface area contributed by atoms with Crippen LogP contribution in [0.2, 0.25) is 0 Å². The number of thioether (sulfide) groups is 1. The molecule has 0 spiro atoms. The standard InChI is InChI=1S/C10H17FN2OS/c11-5-7-1-2-9-13(6-7)10(14)8(12)3-4-15-9/h7-9H,1-6,12H2/t7-,8-,9-/m0/s1. The number of nitrogens with zero attached hydrogens (tertiary/aromatic N) is 1. The first-order valence-corrected chi connectivity index (χ1v) is 6.51. The summed E-state index contributed by atoms with van der Waals surface area (Å²) in [6.45, 7) is 0.233. The van der Waals surface area contributed by atoms with Gasteiger partial charge in [-0.15, -0.1) is 11.8 Å². The lowest BCUT2D eigenvalue weighted by Gasteiger charge is -2.37. The van der Waals surface area contributed by atoms with Gasteiger partial charge in [0.1, 0.15) is 0 Å². The van der Waals surface area contributed by atoms with Crippen molar-refractivity contribution in [2.75, 3.05) is 19.0 Å². The lowest BCUT2D eigenvalue weighted by Crippen LogP contribution is -2.50. The van der Waals surface area contributed by atoms with E-state index in [1.165, 1.54) is 0 Å². The third-order valence-corrected chi connectivity index (χ3v) is 4.53. The van der Waals surface area contributed by atoms with Gasteiger partial charge in [-0.05, 0) is 25.0 Å². The second-order valence-electron chi connectivity index (χ2n) is 4.31. The van der Waals surface area contributed by atoms with Crippen LogP contribution < -0.4 is 5.73 Å². The molecule has 0 aromatic rings. The Morgan fingerprint density at radius 3 is 3.00 bits per heavy atom. The maximum atomic E-state index is 12.6. The second kappa shape index (κ2) is 4.70. The van der Waals surface area contributed by atoms with Crippen LogP contribution in [0.4, 0.5) is 4.39 Å². The summed E-state index contributed by atoms with van der Waals surface area (Å²) in [5, 5.41) is 0.244. The zero-order chi connectivity index (χ0) is 10.8. The lowest BCUT2D eigenvalue weighted by molar-refractivity contribution is -0.135. The minimum absolute atomic E-state index is 0.0168. The van der Waals surface area contributed by atoms with Crippen LogP contribution >= 0.6 is 11.8 Å². The molecule has 2 rings (SSSR count). The van der Waals surface area contributed by atoms with Crippen LogP contribution in [0.25, 0.3) is 0 Å². The highest BCUT2D eigenvalue weighted by molar-refractivity contribution is 7.99. The number of alkyl halides is 1. The average Bonchev–Trinajstić information content (AvgIpc) is 2.40. The van der Waals surface area contributed by atoms with Gasteiger partial charge in [-0.3, -0.25) is 9.18 Å². The van der Waals surface area contributed by atoms with Gasteiger partial charge in [0, 0.05) is 12.5 Å². The molecule has 2 heterocycles. The Morgan fingerprint density at radius 2 is 2.27 bits per heavy atom. The van der Waals surface area contributed by atoms with Gasteiger partial charge in [-0.2, -0.15) is 0 Å². The van der Waals surface area contributed by atoms with Crippen LogP contribution in [0.1, 0.15) is 19.3 Å². The van der Waals surface area contributed by atoms with Crippen LogP contribution in [0.5, 0.6) is 0 Å². The summed E-state index contributed by atoms with van der Waals surface area (Å²) in [6.07, 6.45) is 2.56. The van der Waals surface area contributed by atoms with E-state index in [9.17, 15) is 9.18 Å². The predicted molar refractivity (Wildman–Crippen MR) is 59.3 cm³/mol. The van der Waals surface area contributed by atoms with Crippen LogP contribution in [0.3, 0.4) is 0 Å². The molecule has 5 heteroatoms. The number of rotatable bonds is 1. The van der Waals surface area contributed by atoms with Crippen LogP contribution in [0.15, 0.2) is 0 Å². The largest absolute Gasteiger partial charge is 0.329 e. The van der Waals surface area contributed by atoms with Crippen molar-refractivity contribution >= 4 is 17.7 Å². The van der Waals surface area contributed by atoms with Gasteiger partial charge in [0.05, 0.1) is 18.1 Å². The molecule has 1 amide bonds. The number of amides is 1. The van der Waals surface area contributed by atoms with E-state index in [0.717, 1.165) is 25.0 Å². The van der Waals surface area contributed by atoms with E-state index in [1.54, 1.807) is 16.7 Å². The van der Waals surface area contributed by atoms with Gasteiger partial charge in [0.25, 0.3) is 0 Å². The number of carbonyl (C=O) groups excluding carboxylic acids is 1. The van der Waals surface area contributed by atoms with Crippen LogP contribution in [0, 0.1) is 5.92 Å². The lowest BCUT2D eigenvalue weighted by atomic mass is 9.98. The van der Waals surface area contributed by atoms with E-state index in [0.29, 0.717) is 6.54 Å². The minimum Gasteiger partial charge on any atom is -0.329 e. The van der Waals surface area contributed by atoms with Gasteiger partial charge < -0.3 is 10.6 Å². The summed E-state index contributed by atoms with van der Waals surface area (Å²) < 4.78 is 12.6. The molecule has 2 N–H and O–H groups in total. The maximum absolute atomic E-state index is 12.6. The van der Waals surface area contributed by atoms with E-state index in [2.05, 4.69) is 0 Å². The number of hydrogen-bond donors (Lipinski definition) is 1. The molecule has 0 aromatic heterocycles. The van der Waals surface area contributed by atoms with E-state index in [4.69, 9.17) is 5.73 Å². The molecule has 0 saturated carbocycles. The first-order chi connectivity index (χ1) is 7.22.